The number of nitrogens with zero attached hydrogens (tertiary/aromatic N) is 4. The number of fused-ring (bicyclic) bond motifs is 1. The van der Waals surface area contributed by atoms with E-state index in [1.165, 1.54) is 51.3 Å². The Morgan fingerprint density at radius 2 is 1.86 bits per heavy atom. The Hall–Kier alpha value is -2.30. The van der Waals surface area contributed by atoms with Crippen molar-refractivity contribution >= 4 is 22.9 Å². The number of carbonyl (C=O) groups is 1. The lowest BCUT2D eigenvalue weighted by Gasteiger charge is -2.22. The highest BCUT2D eigenvalue weighted by atomic mass is 16.5. The molecule has 35 heavy (non-hydrogen) atoms. The van der Waals surface area contributed by atoms with E-state index in [0.717, 1.165) is 31.6 Å². The molecule has 1 saturated heterocycles. The fourth-order valence-corrected chi connectivity index (χ4v) is 6.00. The first-order valence-electron chi connectivity index (χ1n) is 13.3. The zero-order valence-electron chi connectivity index (χ0n) is 20.3. The molecule has 5 rings (SSSR count). The fourth-order valence-electron chi connectivity index (χ4n) is 6.00. The van der Waals surface area contributed by atoms with Crippen molar-refractivity contribution in [2.24, 2.45) is 5.92 Å². The SMILES string of the molecule is O=C(CCCC1CCCCC1)N[C@@H]1[C@@H](O)[C@H](n2cnc3c(NC4CCCC4)ncnc32)O[C@@H]1CO. The zero-order valence-corrected chi connectivity index (χ0v) is 20.3. The van der Waals surface area contributed by atoms with Crippen LogP contribution >= 0.6 is 0 Å². The van der Waals surface area contributed by atoms with Gasteiger partial charge in [-0.2, -0.15) is 0 Å². The molecule has 1 amide bonds. The third-order valence-corrected chi connectivity index (χ3v) is 7.95. The molecule has 0 radical (unpaired) electrons. The second-order valence-corrected chi connectivity index (χ2v) is 10.4. The summed E-state index contributed by atoms with van der Waals surface area (Å²) in [6.07, 6.45) is 13.9. The van der Waals surface area contributed by atoms with E-state index in [1.807, 2.05) is 0 Å². The van der Waals surface area contributed by atoms with E-state index in [0.29, 0.717) is 29.4 Å². The van der Waals surface area contributed by atoms with Crippen LogP contribution in [-0.2, 0) is 9.53 Å². The first-order chi connectivity index (χ1) is 17.1. The molecule has 0 bridgehead atoms. The first-order valence-corrected chi connectivity index (χ1v) is 13.3. The van der Waals surface area contributed by atoms with Crippen molar-refractivity contribution in [2.75, 3.05) is 11.9 Å². The molecule has 3 aliphatic rings. The second-order valence-electron chi connectivity index (χ2n) is 10.4. The first kappa shape index (κ1) is 24.4. The maximum absolute atomic E-state index is 12.7. The van der Waals surface area contributed by atoms with Crippen LogP contribution in [0.4, 0.5) is 5.82 Å². The van der Waals surface area contributed by atoms with E-state index in [2.05, 4.69) is 25.6 Å². The summed E-state index contributed by atoms with van der Waals surface area (Å²) in [5.74, 6) is 1.29. The molecule has 2 saturated carbocycles. The normalized spacial score (nSPS) is 28.1. The van der Waals surface area contributed by atoms with Gasteiger partial charge >= 0.3 is 0 Å². The smallest absolute Gasteiger partial charge is 0.220 e. The molecule has 2 aliphatic carbocycles. The lowest BCUT2D eigenvalue weighted by atomic mass is 9.86. The number of ether oxygens (including phenoxy) is 1. The number of aromatic nitrogens is 4. The average molecular weight is 487 g/mol. The zero-order chi connectivity index (χ0) is 24.2. The monoisotopic (exact) mass is 486 g/mol. The van der Waals surface area contributed by atoms with E-state index in [1.54, 1.807) is 10.9 Å². The maximum atomic E-state index is 12.7. The van der Waals surface area contributed by atoms with Crippen LogP contribution in [0, 0.1) is 5.92 Å². The number of anilines is 1. The third-order valence-electron chi connectivity index (χ3n) is 7.95. The molecule has 2 aromatic heterocycles. The standard InChI is InChI=1S/C25H38N6O4/c32-13-18-20(30-19(33)12-6-9-16-7-2-1-3-8-16)22(34)25(35-18)31-15-28-21-23(26-14-27-24(21)31)29-17-10-4-5-11-17/h14-18,20,22,25,32,34H,1-13H2,(H,30,33)(H,26,27,29)/t18-,20+,22-,25-/m1/s1. The minimum atomic E-state index is -1.05. The summed E-state index contributed by atoms with van der Waals surface area (Å²) < 4.78 is 7.66. The Morgan fingerprint density at radius 3 is 2.63 bits per heavy atom. The van der Waals surface area contributed by atoms with Crippen LogP contribution in [0.5, 0.6) is 0 Å². The van der Waals surface area contributed by atoms with Crippen molar-refractivity contribution in [3.63, 3.8) is 0 Å². The van der Waals surface area contributed by atoms with Crippen LogP contribution in [-0.4, -0.2) is 66.5 Å². The molecule has 10 heteroatoms. The number of imidazole rings is 1. The summed E-state index contributed by atoms with van der Waals surface area (Å²) >= 11 is 0. The Morgan fingerprint density at radius 1 is 1.09 bits per heavy atom. The van der Waals surface area contributed by atoms with E-state index < -0.39 is 24.5 Å². The topological polar surface area (TPSA) is 134 Å². The molecule has 2 aromatic rings. The number of amides is 1. The highest BCUT2D eigenvalue weighted by Gasteiger charge is 2.45. The van der Waals surface area contributed by atoms with Gasteiger partial charge in [0.1, 0.15) is 18.5 Å². The molecular weight excluding hydrogens is 448 g/mol. The Labute approximate surface area is 205 Å². The van der Waals surface area contributed by atoms with E-state index in [4.69, 9.17) is 4.74 Å². The highest BCUT2D eigenvalue weighted by Crippen LogP contribution is 2.33. The van der Waals surface area contributed by atoms with Gasteiger partial charge in [-0.05, 0) is 31.6 Å². The highest BCUT2D eigenvalue weighted by molar-refractivity contribution is 5.83. The van der Waals surface area contributed by atoms with E-state index in [-0.39, 0.29) is 12.5 Å². The van der Waals surface area contributed by atoms with Crippen molar-refractivity contribution in [1.82, 2.24) is 24.8 Å². The van der Waals surface area contributed by atoms with Crippen LogP contribution in [0.2, 0.25) is 0 Å². The molecule has 192 valence electrons. The van der Waals surface area contributed by atoms with Gasteiger partial charge < -0.3 is 25.6 Å². The number of hydrogen-bond donors (Lipinski definition) is 4. The molecule has 4 N–H and O–H groups in total. The number of aliphatic hydroxyl groups excluding tert-OH is 2. The quantitative estimate of drug-likeness (QED) is 0.425. The summed E-state index contributed by atoms with van der Waals surface area (Å²) in [5.41, 5.74) is 1.16. The van der Waals surface area contributed by atoms with Gasteiger partial charge in [-0.3, -0.25) is 9.36 Å². The van der Waals surface area contributed by atoms with Crippen molar-refractivity contribution in [3.05, 3.63) is 12.7 Å². The van der Waals surface area contributed by atoms with Crippen molar-refractivity contribution in [3.8, 4) is 0 Å². The van der Waals surface area contributed by atoms with Gasteiger partial charge in [0.25, 0.3) is 0 Å². The predicted octanol–water partition coefficient (Wildman–Crippen LogP) is 2.67. The largest absolute Gasteiger partial charge is 0.394 e. The van der Waals surface area contributed by atoms with Gasteiger partial charge in [-0.1, -0.05) is 44.9 Å². The van der Waals surface area contributed by atoms with Gasteiger partial charge in [0.2, 0.25) is 5.91 Å². The second kappa shape index (κ2) is 11.2. The molecule has 1 aliphatic heterocycles. The molecule has 4 atom stereocenters. The summed E-state index contributed by atoms with van der Waals surface area (Å²) in [5, 5.41) is 27.4. The van der Waals surface area contributed by atoms with Gasteiger partial charge in [0.05, 0.1) is 19.0 Å². The molecule has 0 spiro atoms. The minimum Gasteiger partial charge on any atom is -0.394 e. The molecule has 0 unspecified atom stereocenters. The minimum absolute atomic E-state index is 0.117. The molecule has 10 nitrogen and oxygen atoms in total. The van der Waals surface area contributed by atoms with E-state index >= 15 is 0 Å². The number of hydrogen-bond acceptors (Lipinski definition) is 8. The average Bonchev–Trinajstić information content (AvgIpc) is 3.60. The van der Waals surface area contributed by atoms with Crippen LogP contribution in [0.15, 0.2) is 12.7 Å². The van der Waals surface area contributed by atoms with E-state index in [9.17, 15) is 15.0 Å². The molecule has 0 aromatic carbocycles. The summed E-state index contributed by atoms with van der Waals surface area (Å²) in [6.45, 7) is -0.309. The fraction of sp³-hybridized carbons (Fsp3) is 0.760. The van der Waals surface area contributed by atoms with Gasteiger partial charge in [0, 0.05) is 12.5 Å². The predicted molar refractivity (Wildman–Crippen MR) is 131 cm³/mol. The Kier molecular flexibility index (Phi) is 7.79. The van der Waals surface area contributed by atoms with Crippen molar-refractivity contribution in [1.29, 1.82) is 0 Å². The lowest BCUT2D eigenvalue weighted by Crippen LogP contribution is -2.48. The van der Waals surface area contributed by atoms with Gasteiger partial charge in [0.15, 0.2) is 23.2 Å². The Balaban J connectivity index is 1.23. The Bertz CT molecular complexity index is 987. The third kappa shape index (κ3) is 5.44. The molecule has 3 heterocycles. The number of aliphatic hydroxyl groups is 2. The van der Waals surface area contributed by atoms with Gasteiger partial charge in [-0.25, -0.2) is 15.0 Å². The number of carbonyl (C=O) groups excluding carboxylic acids is 1. The van der Waals surface area contributed by atoms with Crippen LogP contribution in [0.3, 0.4) is 0 Å². The number of rotatable bonds is 9. The molecule has 3 fully saturated rings. The number of nitrogens with one attached hydrogen (secondary N) is 2. The lowest BCUT2D eigenvalue weighted by molar-refractivity contribution is -0.123. The summed E-state index contributed by atoms with van der Waals surface area (Å²) in [6, 6.07) is -0.328. The maximum Gasteiger partial charge on any atom is 0.220 e. The van der Waals surface area contributed by atoms with Gasteiger partial charge in [-0.15, -0.1) is 0 Å². The van der Waals surface area contributed by atoms with Crippen LogP contribution < -0.4 is 10.6 Å². The summed E-state index contributed by atoms with van der Waals surface area (Å²) in [4.78, 5) is 25.9. The van der Waals surface area contributed by atoms with Crippen molar-refractivity contribution < 1.29 is 19.7 Å². The molecular formula is C25H38N6O4. The van der Waals surface area contributed by atoms with Crippen LogP contribution in [0.25, 0.3) is 11.2 Å². The van der Waals surface area contributed by atoms with Crippen LogP contribution in [0.1, 0.15) is 83.3 Å². The van der Waals surface area contributed by atoms with Crippen molar-refractivity contribution in [2.45, 2.75) is 108 Å². The summed E-state index contributed by atoms with van der Waals surface area (Å²) in [7, 11) is 0.